The average molecular weight is 187 g/mol. The minimum atomic E-state index is -1.40. The fraction of sp³-hybridized carbons (Fsp3) is 0.500. The standard InChI is InChI=1S/C8H10FNOS/c1-5-7(8(2,3)9)12-6(4-11)10-5/h4H,1-3H3. The molecule has 1 aromatic rings. The van der Waals surface area contributed by atoms with Gasteiger partial charge in [-0.2, -0.15) is 0 Å². The summed E-state index contributed by atoms with van der Waals surface area (Å²) in [5.74, 6) is 0. The summed E-state index contributed by atoms with van der Waals surface area (Å²) in [6.45, 7) is 4.63. The van der Waals surface area contributed by atoms with Crippen molar-refractivity contribution in [3.8, 4) is 0 Å². The lowest BCUT2D eigenvalue weighted by molar-refractivity contribution is 0.112. The third-order valence-electron chi connectivity index (χ3n) is 1.45. The summed E-state index contributed by atoms with van der Waals surface area (Å²) >= 11 is 1.11. The van der Waals surface area contributed by atoms with Crippen molar-refractivity contribution in [1.82, 2.24) is 4.98 Å². The number of thiazole rings is 1. The Morgan fingerprint density at radius 3 is 2.42 bits per heavy atom. The van der Waals surface area contributed by atoms with Gasteiger partial charge in [-0.3, -0.25) is 4.79 Å². The quantitative estimate of drug-likeness (QED) is 0.666. The molecule has 1 heterocycles. The van der Waals surface area contributed by atoms with Crippen molar-refractivity contribution in [1.29, 1.82) is 0 Å². The molecule has 0 bridgehead atoms. The first-order valence-electron chi connectivity index (χ1n) is 3.57. The number of aryl methyl sites for hydroxylation is 1. The van der Waals surface area contributed by atoms with E-state index in [4.69, 9.17) is 0 Å². The van der Waals surface area contributed by atoms with Crippen LogP contribution < -0.4 is 0 Å². The zero-order valence-electron chi connectivity index (χ0n) is 7.22. The van der Waals surface area contributed by atoms with Crippen molar-refractivity contribution in [2.45, 2.75) is 26.4 Å². The zero-order chi connectivity index (χ0) is 9.35. The molecule has 1 rings (SSSR count). The fourth-order valence-electron chi connectivity index (χ4n) is 1.02. The highest BCUT2D eigenvalue weighted by atomic mass is 32.1. The second-order valence-corrected chi connectivity index (χ2v) is 4.09. The van der Waals surface area contributed by atoms with E-state index in [2.05, 4.69) is 4.98 Å². The van der Waals surface area contributed by atoms with Crippen LogP contribution in [-0.2, 0) is 5.67 Å². The van der Waals surface area contributed by atoms with Crippen LogP contribution in [0.5, 0.6) is 0 Å². The predicted molar refractivity (Wildman–Crippen MR) is 46.4 cm³/mol. The van der Waals surface area contributed by atoms with Crippen LogP contribution in [0.2, 0.25) is 0 Å². The molecule has 0 fully saturated rings. The second-order valence-electron chi connectivity index (χ2n) is 3.06. The Hall–Kier alpha value is -0.770. The monoisotopic (exact) mass is 187 g/mol. The molecule has 0 amide bonds. The third-order valence-corrected chi connectivity index (χ3v) is 2.84. The van der Waals surface area contributed by atoms with Crippen molar-refractivity contribution in [3.05, 3.63) is 15.6 Å². The number of halogens is 1. The Bertz CT molecular complexity index is 300. The highest BCUT2D eigenvalue weighted by molar-refractivity contribution is 7.13. The number of alkyl halides is 1. The Kier molecular flexibility index (Phi) is 2.28. The number of carbonyl (C=O) groups is 1. The molecule has 4 heteroatoms. The van der Waals surface area contributed by atoms with E-state index in [9.17, 15) is 9.18 Å². The first-order valence-corrected chi connectivity index (χ1v) is 4.39. The van der Waals surface area contributed by atoms with Crippen molar-refractivity contribution < 1.29 is 9.18 Å². The molecule has 0 radical (unpaired) electrons. The molecule has 0 aliphatic rings. The second kappa shape index (κ2) is 2.94. The van der Waals surface area contributed by atoms with Gasteiger partial charge in [-0.05, 0) is 20.8 Å². The molecule has 0 aliphatic carbocycles. The van der Waals surface area contributed by atoms with Crippen molar-refractivity contribution in [2.75, 3.05) is 0 Å². The first kappa shape index (κ1) is 9.32. The molecule has 1 aromatic heterocycles. The Labute approximate surface area is 74.4 Å². The average Bonchev–Trinajstić information content (AvgIpc) is 2.29. The van der Waals surface area contributed by atoms with E-state index in [-0.39, 0.29) is 0 Å². The molecule has 0 saturated heterocycles. The summed E-state index contributed by atoms with van der Waals surface area (Å²) in [6, 6.07) is 0. The van der Waals surface area contributed by atoms with E-state index in [0.717, 1.165) is 11.3 Å². The molecule has 0 aromatic carbocycles. The smallest absolute Gasteiger partial charge is 0.178 e. The van der Waals surface area contributed by atoms with Gasteiger partial charge >= 0.3 is 0 Å². The summed E-state index contributed by atoms with van der Waals surface area (Å²) in [6.07, 6.45) is 0.646. The first-order chi connectivity index (χ1) is 5.45. The Morgan fingerprint density at radius 1 is 1.58 bits per heavy atom. The molecular weight excluding hydrogens is 177 g/mol. The third kappa shape index (κ3) is 1.69. The number of carbonyl (C=O) groups excluding carboxylic acids is 1. The summed E-state index contributed by atoms with van der Waals surface area (Å²) in [5, 5.41) is 0.341. The lowest BCUT2D eigenvalue weighted by atomic mass is 10.1. The van der Waals surface area contributed by atoms with E-state index in [1.54, 1.807) is 6.92 Å². The van der Waals surface area contributed by atoms with Gasteiger partial charge in [0.1, 0.15) is 5.67 Å². The van der Waals surface area contributed by atoms with Crippen molar-refractivity contribution in [2.24, 2.45) is 0 Å². The molecule has 2 nitrogen and oxygen atoms in total. The molecule has 0 atom stereocenters. The molecule has 0 N–H and O–H groups in total. The van der Waals surface area contributed by atoms with E-state index >= 15 is 0 Å². The SMILES string of the molecule is Cc1nc(C=O)sc1C(C)(C)F. The van der Waals surface area contributed by atoms with Gasteiger partial charge < -0.3 is 0 Å². The Balaban J connectivity index is 3.16. The van der Waals surface area contributed by atoms with E-state index in [0.29, 0.717) is 21.9 Å². The summed E-state index contributed by atoms with van der Waals surface area (Å²) in [5.41, 5.74) is -0.794. The largest absolute Gasteiger partial charge is 0.295 e. The number of hydrogen-bond donors (Lipinski definition) is 0. The van der Waals surface area contributed by atoms with Crippen LogP contribution in [0.25, 0.3) is 0 Å². The molecule has 66 valence electrons. The maximum atomic E-state index is 13.4. The van der Waals surface area contributed by atoms with E-state index in [1.807, 2.05) is 0 Å². The van der Waals surface area contributed by atoms with Gasteiger partial charge in [0.05, 0.1) is 10.6 Å². The van der Waals surface area contributed by atoms with Gasteiger partial charge in [-0.1, -0.05) is 0 Å². The van der Waals surface area contributed by atoms with Gasteiger partial charge in [0.15, 0.2) is 11.3 Å². The highest BCUT2D eigenvalue weighted by Crippen LogP contribution is 2.31. The molecule has 0 saturated carbocycles. The fourth-order valence-corrected chi connectivity index (χ4v) is 1.90. The van der Waals surface area contributed by atoms with E-state index < -0.39 is 5.67 Å². The van der Waals surface area contributed by atoms with Crippen molar-refractivity contribution in [3.63, 3.8) is 0 Å². The van der Waals surface area contributed by atoms with Gasteiger partial charge in [0.2, 0.25) is 0 Å². The number of hydrogen-bond acceptors (Lipinski definition) is 3. The molecule has 0 aliphatic heterocycles. The van der Waals surface area contributed by atoms with Crippen LogP contribution in [0.3, 0.4) is 0 Å². The van der Waals surface area contributed by atoms with Crippen LogP contribution in [0.15, 0.2) is 0 Å². The molecule has 0 spiro atoms. The summed E-state index contributed by atoms with van der Waals surface area (Å²) in [7, 11) is 0. The van der Waals surface area contributed by atoms with Crippen LogP contribution in [-0.4, -0.2) is 11.3 Å². The topological polar surface area (TPSA) is 30.0 Å². The normalized spacial score (nSPS) is 11.7. The number of nitrogens with zero attached hydrogens (tertiary/aromatic N) is 1. The Morgan fingerprint density at radius 2 is 2.17 bits per heavy atom. The minimum Gasteiger partial charge on any atom is -0.295 e. The number of aldehydes is 1. The maximum Gasteiger partial charge on any atom is 0.178 e. The van der Waals surface area contributed by atoms with Gasteiger partial charge in [0, 0.05) is 0 Å². The maximum absolute atomic E-state index is 13.4. The predicted octanol–water partition coefficient (Wildman–Crippen LogP) is 2.47. The van der Waals surface area contributed by atoms with Gasteiger partial charge in [-0.25, -0.2) is 9.37 Å². The number of rotatable bonds is 2. The highest BCUT2D eigenvalue weighted by Gasteiger charge is 2.24. The molecule has 12 heavy (non-hydrogen) atoms. The lowest BCUT2D eigenvalue weighted by Gasteiger charge is -2.11. The van der Waals surface area contributed by atoms with Gasteiger partial charge in [-0.15, -0.1) is 11.3 Å². The summed E-state index contributed by atoms with van der Waals surface area (Å²) < 4.78 is 13.4. The van der Waals surface area contributed by atoms with Gasteiger partial charge in [0.25, 0.3) is 0 Å². The summed E-state index contributed by atoms with van der Waals surface area (Å²) in [4.78, 5) is 14.8. The van der Waals surface area contributed by atoms with Crippen LogP contribution in [0.4, 0.5) is 4.39 Å². The van der Waals surface area contributed by atoms with Crippen molar-refractivity contribution >= 4 is 17.6 Å². The lowest BCUT2D eigenvalue weighted by Crippen LogP contribution is -2.07. The van der Waals surface area contributed by atoms with E-state index in [1.165, 1.54) is 13.8 Å². The van der Waals surface area contributed by atoms with Crippen LogP contribution in [0.1, 0.15) is 34.2 Å². The number of aromatic nitrogens is 1. The zero-order valence-corrected chi connectivity index (χ0v) is 8.04. The molecule has 0 unspecified atom stereocenters. The van der Waals surface area contributed by atoms with Crippen LogP contribution in [0, 0.1) is 6.92 Å². The molecular formula is C8H10FNOS. The minimum absolute atomic E-state index is 0.341. The van der Waals surface area contributed by atoms with Crippen LogP contribution >= 0.6 is 11.3 Å².